The van der Waals surface area contributed by atoms with Gasteiger partial charge in [0.15, 0.2) is 0 Å². The predicted octanol–water partition coefficient (Wildman–Crippen LogP) is 0.479. The van der Waals surface area contributed by atoms with Crippen molar-refractivity contribution in [1.29, 1.82) is 0 Å². The summed E-state index contributed by atoms with van der Waals surface area (Å²) in [5.41, 5.74) is 2.37. The van der Waals surface area contributed by atoms with Crippen molar-refractivity contribution in [3.05, 3.63) is 35.0 Å². The van der Waals surface area contributed by atoms with Gasteiger partial charge in [-0.3, -0.25) is 14.5 Å². The number of rotatable bonds is 2. The second-order valence-electron chi connectivity index (χ2n) is 5.76. The summed E-state index contributed by atoms with van der Waals surface area (Å²) in [6, 6.07) is 3.41. The molecule has 4 heterocycles. The Balaban J connectivity index is 1.92. The number of pyridine rings is 2. The molecule has 1 fully saturated rings. The van der Waals surface area contributed by atoms with E-state index in [-0.39, 0.29) is 11.7 Å². The lowest BCUT2D eigenvalue weighted by Crippen LogP contribution is -2.30. The van der Waals surface area contributed by atoms with Gasteiger partial charge in [-0.1, -0.05) is 0 Å². The van der Waals surface area contributed by atoms with Gasteiger partial charge in [-0.25, -0.2) is 17.5 Å². The number of aromatic amines is 1. The number of aromatic nitrogens is 4. The Labute approximate surface area is 131 Å². The summed E-state index contributed by atoms with van der Waals surface area (Å²) < 4.78 is 26.5. The second-order valence-corrected chi connectivity index (χ2v) is 7.74. The number of nitrogens with zero attached hydrogens (tertiary/aromatic N) is 4. The summed E-state index contributed by atoms with van der Waals surface area (Å²) in [4.78, 5) is 23.8. The molecular weight excluding hydrogens is 318 g/mol. The predicted molar refractivity (Wildman–Crippen MR) is 85.7 cm³/mol. The van der Waals surface area contributed by atoms with Gasteiger partial charge in [-0.2, -0.15) is 0 Å². The first-order chi connectivity index (χ1) is 10.9. The topological polar surface area (TPSA) is 101 Å². The van der Waals surface area contributed by atoms with Gasteiger partial charge >= 0.3 is 5.69 Å². The molecule has 4 rings (SSSR count). The Kier molecular flexibility index (Phi) is 3.03. The standard InChI is InChI=1S/C14H15N5O3S/c1-23(21,22)18-6-4-9(8-18)19-13-11(17-14(19)20)7-16-10-3-2-5-15-12(10)13/h2-3,5,7,9H,4,6,8H2,1H3,(H,17,20). The van der Waals surface area contributed by atoms with E-state index in [1.165, 1.54) is 10.6 Å². The minimum absolute atomic E-state index is 0.210. The highest BCUT2D eigenvalue weighted by Crippen LogP contribution is 2.28. The molecule has 0 spiro atoms. The molecule has 23 heavy (non-hydrogen) atoms. The number of H-pyrrole nitrogens is 1. The van der Waals surface area contributed by atoms with Crippen LogP contribution < -0.4 is 5.69 Å². The van der Waals surface area contributed by atoms with E-state index in [0.29, 0.717) is 41.6 Å². The zero-order chi connectivity index (χ0) is 16.2. The third-order valence-electron chi connectivity index (χ3n) is 4.26. The molecule has 0 bridgehead atoms. The largest absolute Gasteiger partial charge is 0.326 e. The third-order valence-corrected chi connectivity index (χ3v) is 5.53. The van der Waals surface area contributed by atoms with Crippen LogP contribution in [0.1, 0.15) is 12.5 Å². The smallest absolute Gasteiger partial charge is 0.304 e. The van der Waals surface area contributed by atoms with Gasteiger partial charge in [0.05, 0.1) is 35.0 Å². The van der Waals surface area contributed by atoms with Gasteiger partial charge < -0.3 is 4.98 Å². The van der Waals surface area contributed by atoms with Crippen LogP contribution in [0.25, 0.3) is 22.1 Å². The molecule has 120 valence electrons. The SMILES string of the molecule is CS(=O)(=O)N1CCC(n2c(=O)[nH]c3cnc4cccnc4c32)C1. The van der Waals surface area contributed by atoms with Crippen LogP contribution in [0, 0.1) is 0 Å². The van der Waals surface area contributed by atoms with Crippen molar-refractivity contribution in [3.63, 3.8) is 0 Å². The van der Waals surface area contributed by atoms with E-state index in [1.54, 1.807) is 23.0 Å². The van der Waals surface area contributed by atoms with Gasteiger partial charge in [0.25, 0.3) is 0 Å². The minimum Gasteiger partial charge on any atom is -0.304 e. The van der Waals surface area contributed by atoms with Crippen LogP contribution in [0.15, 0.2) is 29.3 Å². The number of imidazole rings is 1. The molecule has 1 atom stereocenters. The van der Waals surface area contributed by atoms with E-state index in [2.05, 4.69) is 15.0 Å². The zero-order valence-electron chi connectivity index (χ0n) is 12.4. The molecule has 3 aromatic heterocycles. The van der Waals surface area contributed by atoms with Gasteiger partial charge in [0.2, 0.25) is 10.0 Å². The fourth-order valence-electron chi connectivity index (χ4n) is 3.19. The van der Waals surface area contributed by atoms with Crippen LogP contribution in [0.5, 0.6) is 0 Å². The molecule has 1 unspecified atom stereocenters. The molecule has 1 saturated heterocycles. The summed E-state index contributed by atoms with van der Waals surface area (Å²) >= 11 is 0. The fraction of sp³-hybridized carbons (Fsp3) is 0.357. The fourth-order valence-corrected chi connectivity index (χ4v) is 4.07. The highest BCUT2D eigenvalue weighted by atomic mass is 32.2. The van der Waals surface area contributed by atoms with E-state index < -0.39 is 10.0 Å². The summed E-state index contributed by atoms with van der Waals surface area (Å²) in [6.45, 7) is 0.710. The maximum absolute atomic E-state index is 12.4. The molecule has 0 amide bonds. The molecule has 3 aromatic rings. The maximum atomic E-state index is 12.4. The molecule has 0 aromatic carbocycles. The van der Waals surface area contributed by atoms with Gasteiger partial charge in [-0.05, 0) is 18.6 Å². The first-order valence-electron chi connectivity index (χ1n) is 7.24. The Hall–Kier alpha value is -2.26. The van der Waals surface area contributed by atoms with Crippen molar-refractivity contribution in [2.45, 2.75) is 12.5 Å². The van der Waals surface area contributed by atoms with E-state index in [0.717, 1.165) is 0 Å². The van der Waals surface area contributed by atoms with Crippen LogP contribution in [-0.4, -0.2) is 51.6 Å². The number of hydrogen-bond acceptors (Lipinski definition) is 5. The van der Waals surface area contributed by atoms with Gasteiger partial charge in [0, 0.05) is 19.3 Å². The van der Waals surface area contributed by atoms with E-state index >= 15 is 0 Å². The van der Waals surface area contributed by atoms with Gasteiger partial charge in [-0.15, -0.1) is 0 Å². The second kappa shape index (κ2) is 4.87. The summed E-state index contributed by atoms with van der Waals surface area (Å²) in [6.07, 6.45) is 5.05. The van der Waals surface area contributed by atoms with Gasteiger partial charge in [0.1, 0.15) is 5.52 Å². The lowest BCUT2D eigenvalue weighted by Gasteiger charge is -2.14. The molecule has 9 heteroatoms. The molecule has 0 radical (unpaired) electrons. The van der Waals surface area contributed by atoms with E-state index in [1.807, 2.05) is 6.07 Å². The summed E-state index contributed by atoms with van der Waals surface area (Å²) in [7, 11) is -3.26. The van der Waals surface area contributed by atoms with Crippen LogP contribution in [0.2, 0.25) is 0 Å². The Morgan fingerprint density at radius 3 is 2.91 bits per heavy atom. The first-order valence-corrected chi connectivity index (χ1v) is 9.09. The summed E-state index contributed by atoms with van der Waals surface area (Å²) in [5.74, 6) is 0. The van der Waals surface area contributed by atoms with Crippen molar-refractivity contribution in [1.82, 2.24) is 23.8 Å². The van der Waals surface area contributed by atoms with E-state index in [4.69, 9.17) is 0 Å². The molecule has 8 nitrogen and oxygen atoms in total. The number of nitrogens with one attached hydrogen (secondary N) is 1. The van der Waals surface area contributed by atoms with Crippen LogP contribution >= 0.6 is 0 Å². The van der Waals surface area contributed by atoms with E-state index in [9.17, 15) is 13.2 Å². The van der Waals surface area contributed by atoms with Crippen molar-refractivity contribution in [2.75, 3.05) is 19.3 Å². The number of sulfonamides is 1. The highest BCUT2D eigenvalue weighted by molar-refractivity contribution is 7.88. The highest BCUT2D eigenvalue weighted by Gasteiger charge is 2.31. The number of hydrogen-bond donors (Lipinski definition) is 1. The first kappa shape index (κ1) is 14.3. The molecule has 0 saturated carbocycles. The maximum Gasteiger partial charge on any atom is 0.326 e. The summed E-state index contributed by atoms with van der Waals surface area (Å²) in [5, 5.41) is 0. The lowest BCUT2D eigenvalue weighted by molar-refractivity contribution is 0.456. The normalized spacial score (nSPS) is 19.8. The average Bonchev–Trinajstić information content (AvgIpc) is 3.10. The quantitative estimate of drug-likeness (QED) is 0.735. The molecular formula is C14H15N5O3S. The van der Waals surface area contributed by atoms with Crippen LogP contribution in [-0.2, 0) is 10.0 Å². The van der Waals surface area contributed by atoms with Crippen molar-refractivity contribution >= 4 is 32.1 Å². The van der Waals surface area contributed by atoms with Crippen LogP contribution in [0.3, 0.4) is 0 Å². The third kappa shape index (κ3) is 2.23. The lowest BCUT2D eigenvalue weighted by atomic mass is 10.2. The molecule has 1 aliphatic rings. The molecule has 0 aliphatic carbocycles. The van der Waals surface area contributed by atoms with Crippen LogP contribution in [0.4, 0.5) is 0 Å². The Morgan fingerprint density at radius 1 is 1.35 bits per heavy atom. The average molecular weight is 333 g/mol. The monoisotopic (exact) mass is 333 g/mol. The van der Waals surface area contributed by atoms with Crippen molar-refractivity contribution < 1.29 is 8.42 Å². The van der Waals surface area contributed by atoms with Crippen molar-refractivity contribution in [2.24, 2.45) is 0 Å². The molecule has 1 N–H and O–H groups in total. The molecule has 1 aliphatic heterocycles. The minimum atomic E-state index is -3.26. The Bertz CT molecular complexity index is 1070. The Morgan fingerprint density at radius 2 is 2.17 bits per heavy atom. The van der Waals surface area contributed by atoms with Crippen molar-refractivity contribution in [3.8, 4) is 0 Å². The number of fused-ring (bicyclic) bond motifs is 3. The zero-order valence-corrected chi connectivity index (χ0v) is 13.2.